The van der Waals surface area contributed by atoms with Gasteiger partial charge in [-0.05, 0) is 49.1 Å². The van der Waals surface area contributed by atoms with Crippen LogP contribution in [-0.2, 0) is 22.3 Å². The van der Waals surface area contributed by atoms with E-state index < -0.39 is 22.8 Å². The maximum atomic E-state index is 15.7. The fourth-order valence-corrected chi connectivity index (χ4v) is 7.71. The number of urea groups is 1. The second-order valence-electron chi connectivity index (χ2n) is 11.7. The third-order valence-corrected chi connectivity index (χ3v) is 10.2. The van der Waals surface area contributed by atoms with Crippen molar-refractivity contribution in [3.8, 4) is 0 Å². The number of amides is 2. The van der Waals surface area contributed by atoms with Gasteiger partial charge in [-0.25, -0.2) is 22.1 Å². The Bertz CT molecular complexity index is 1310. The lowest BCUT2D eigenvalue weighted by molar-refractivity contribution is -0.107. The van der Waals surface area contributed by atoms with Crippen LogP contribution in [0.3, 0.4) is 0 Å². The van der Waals surface area contributed by atoms with Gasteiger partial charge in [-0.1, -0.05) is 30.4 Å². The zero-order chi connectivity index (χ0) is 30.7. The number of aldehydes is 1. The molecule has 234 valence electrons. The van der Waals surface area contributed by atoms with Crippen LogP contribution >= 0.6 is 0 Å². The number of nitrogens with one attached hydrogen (secondary N) is 1. The molecule has 0 saturated carbocycles. The molecule has 5 rings (SSSR count). The number of likely N-dealkylation sites (N-methyl/N-ethyl adjacent to an activating group) is 1. The average Bonchev–Trinajstić information content (AvgIpc) is 3.32. The molecule has 0 spiro atoms. The van der Waals surface area contributed by atoms with Gasteiger partial charge in [-0.15, -0.1) is 0 Å². The molecule has 1 aromatic carbocycles. The molecule has 1 aliphatic carbocycles. The van der Waals surface area contributed by atoms with Crippen molar-refractivity contribution in [3.05, 3.63) is 53.6 Å². The van der Waals surface area contributed by atoms with E-state index >= 15 is 8.78 Å². The molecule has 13 heteroatoms. The predicted molar refractivity (Wildman–Crippen MR) is 162 cm³/mol. The quantitative estimate of drug-likeness (QED) is 0.434. The molecule has 1 aromatic rings. The van der Waals surface area contributed by atoms with Crippen molar-refractivity contribution in [1.29, 1.82) is 0 Å². The first-order valence-electron chi connectivity index (χ1n) is 14.9. The van der Waals surface area contributed by atoms with Gasteiger partial charge < -0.3 is 15.8 Å². The van der Waals surface area contributed by atoms with Crippen LogP contribution in [-0.4, -0.2) is 106 Å². The highest BCUT2D eigenvalue weighted by Gasteiger charge is 2.48. The summed E-state index contributed by atoms with van der Waals surface area (Å²) in [4.78, 5) is 27.4. The Labute approximate surface area is 254 Å². The summed E-state index contributed by atoms with van der Waals surface area (Å²) in [6.07, 6.45) is 8.27. The molecule has 4 atom stereocenters. The number of nitrogens with two attached hydrogens (primary N) is 1. The lowest BCUT2D eigenvalue weighted by Crippen LogP contribution is -2.49. The van der Waals surface area contributed by atoms with E-state index in [1.807, 2.05) is 40.7 Å². The van der Waals surface area contributed by atoms with Crippen molar-refractivity contribution < 1.29 is 22.6 Å². The van der Waals surface area contributed by atoms with Crippen LogP contribution in [0.4, 0.5) is 13.6 Å². The second kappa shape index (κ2) is 13.3. The lowest BCUT2D eigenvalue weighted by Gasteiger charge is -2.40. The van der Waals surface area contributed by atoms with E-state index in [0.29, 0.717) is 48.9 Å². The number of hydrogen-bond acceptors (Lipinski definition) is 7. The number of hydrogen-bond donors (Lipinski definition) is 2. The molecule has 4 unspecified atom stereocenters. The minimum Gasteiger partial charge on any atom is -0.341 e. The molecule has 0 aromatic heterocycles. The minimum atomic E-state index is -2.95. The molecule has 2 saturated heterocycles. The van der Waals surface area contributed by atoms with E-state index in [9.17, 15) is 13.8 Å². The van der Waals surface area contributed by atoms with Gasteiger partial charge >= 0.3 is 6.03 Å². The van der Waals surface area contributed by atoms with Gasteiger partial charge in [0, 0.05) is 52.7 Å². The molecule has 2 amide bonds. The van der Waals surface area contributed by atoms with Crippen molar-refractivity contribution in [2.24, 2.45) is 22.7 Å². The fourth-order valence-electron chi connectivity index (χ4n) is 6.42. The Morgan fingerprint density at radius 1 is 1.26 bits per heavy atom. The Balaban J connectivity index is 1.23. The third kappa shape index (κ3) is 6.89. The zero-order valence-electron chi connectivity index (χ0n) is 24.7. The number of rotatable bonds is 8. The predicted octanol–water partition coefficient (Wildman–Crippen LogP) is 2.56. The summed E-state index contributed by atoms with van der Waals surface area (Å²) in [5, 5.41) is 8.84. The summed E-state index contributed by atoms with van der Waals surface area (Å²) >= 11 is 0. The first-order chi connectivity index (χ1) is 20.6. The topological polar surface area (TPSA) is 115 Å². The number of nitrogens with zero attached hydrogens (tertiary/aromatic N) is 5. The van der Waals surface area contributed by atoms with Crippen LogP contribution < -0.4 is 11.1 Å². The van der Waals surface area contributed by atoms with Crippen LogP contribution in [0.25, 0.3) is 0 Å². The summed E-state index contributed by atoms with van der Waals surface area (Å²) in [5.74, 6) is -3.68. The van der Waals surface area contributed by atoms with Gasteiger partial charge in [-0.2, -0.15) is 5.10 Å². The normalized spacial score (nSPS) is 26.8. The number of hydrazone groups is 1. The highest BCUT2D eigenvalue weighted by molar-refractivity contribution is 7.82. The van der Waals surface area contributed by atoms with E-state index in [1.165, 1.54) is 11.9 Å². The summed E-state index contributed by atoms with van der Waals surface area (Å²) in [7, 11) is 1.98. The number of carbonyl (C=O) groups excluding carboxylic acids is 2. The molecule has 3 heterocycles. The van der Waals surface area contributed by atoms with Crippen LogP contribution in [0.1, 0.15) is 31.2 Å². The number of fused-ring (bicyclic) bond motifs is 1. The van der Waals surface area contributed by atoms with Crippen LogP contribution in [0.15, 0.2) is 58.1 Å². The Kier molecular flexibility index (Phi) is 9.74. The number of allylic oxidation sites excluding steroid dienone is 2. The van der Waals surface area contributed by atoms with Crippen molar-refractivity contribution >= 4 is 29.1 Å². The molecule has 4 aliphatic rings. The zero-order valence-corrected chi connectivity index (χ0v) is 25.5. The highest BCUT2D eigenvalue weighted by Crippen LogP contribution is 2.42. The summed E-state index contributed by atoms with van der Waals surface area (Å²) in [5.41, 5.74) is 7.42. The number of piperidine rings is 2. The van der Waals surface area contributed by atoms with Crippen molar-refractivity contribution in [1.82, 2.24) is 24.4 Å². The summed E-state index contributed by atoms with van der Waals surface area (Å²) in [6, 6.07) is 6.91. The van der Waals surface area contributed by atoms with Gasteiger partial charge in [0.15, 0.2) is 0 Å². The maximum absolute atomic E-state index is 15.7. The number of likely N-dealkylation sites (tertiary alicyclic amines) is 1. The molecular formula is C30H41F2N7O3S. The van der Waals surface area contributed by atoms with E-state index in [0.717, 1.165) is 24.7 Å². The minimum absolute atomic E-state index is 0.147. The Morgan fingerprint density at radius 2 is 2.02 bits per heavy atom. The van der Waals surface area contributed by atoms with Crippen LogP contribution in [0, 0.1) is 11.8 Å². The molecule has 10 nitrogen and oxygen atoms in total. The van der Waals surface area contributed by atoms with Crippen LogP contribution in [0.5, 0.6) is 0 Å². The SMILES string of the molecule is CNC(=O)N(CCC=O)C1=NN(C)C2C=C(C3CCN(Cc4cccc(S(=O)N5CCC(N)CC5)c4)CC3(F)F)C=CC12. The maximum Gasteiger partial charge on any atom is 0.322 e. The van der Waals surface area contributed by atoms with Crippen molar-refractivity contribution in [2.75, 3.05) is 46.8 Å². The van der Waals surface area contributed by atoms with Gasteiger partial charge in [0.2, 0.25) is 0 Å². The van der Waals surface area contributed by atoms with E-state index in [1.54, 1.807) is 23.0 Å². The van der Waals surface area contributed by atoms with E-state index in [-0.39, 0.29) is 43.5 Å². The van der Waals surface area contributed by atoms with Gasteiger partial charge in [-0.3, -0.25) is 14.8 Å². The first kappa shape index (κ1) is 31.4. The van der Waals surface area contributed by atoms with Crippen LogP contribution in [0.2, 0.25) is 0 Å². The van der Waals surface area contributed by atoms with Gasteiger partial charge in [0.25, 0.3) is 5.92 Å². The summed E-state index contributed by atoms with van der Waals surface area (Å²) < 4.78 is 46.5. The molecule has 0 bridgehead atoms. The van der Waals surface area contributed by atoms with Gasteiger partial charge in [0.05, 0.1) is 29.3 Å². The molecule has 3 N–H and O–H groups in total. The molecular weight excluding hydrogens is 576 g/mol. The molecule has 2 fully saturated rings. The smallest absolute Gasteiger partial charge is 0.322 e. The molecule has 43 heavy (non-hydrogen) atoms. The second-order valence-corrected chi connectivity index (χ2v) is 13.2. The van der Waals surface area contributed by atoms with Crippen molar-refractivity contribution in [2.45, 2.75) is 55.1 Å². The molecule has 3 aliphatic heterocycles. The lowest BCUT2D eigenvalue weighted by atomic mass is 9.80. The Morgan fingerprint density at radius 3 is 2.72 bits per heavy atom. The number of amidine groups is 1. The largest absolute Gasteiger partial charge is 0.341 e. The number of benzene rings is 1. The highest BCUT2D eigenvalue weighted by atomic mass is 32.2. The fraction of sp³-hybridized carbons (Fsp3) is 0.567. The number of carbonyl (C=O) groups is 2. The number of halogens is 2. The summed E-state index contributed by atoms with van der Waals surface area (Å²) in [6.45, 7) is 2.03. The third-order valence-electron chi connectivity index (χ3n) is 8.74. The Hall–Kier alpha value is -3.00. The van der Waals surface area contributed by atoms with Crippen molar-refractivity contribution in [3.63, 3.8) is 0 Å². The van der Waals surface area contributed by atoms with Gasteiger partial charge in [0.1, 0.15) is 23.1 Å². The average molecular weight is 618 g/mol. The standard InChI is InChI=1S/C30H41F2N7O3S/c1-34-29(41)39(12-4-16-40)28-25-8-7-22(18-27(25)36(2)35-28)26-11-13-37(20-30(26,31)32)19-21-5-3-6-24(17-21)43(42)38-14-9-23(33)10-15-38/h3,5-8,16-18,23,25-27H,4,9-15,19-20,33H2,1-2H3,(H,34,41). The first-order valence-corrected chi connectivity index (χ1v) is 16.0. The monoisotopic (exact) mass is 617 g/mol. The van der Waals surface area contributed by atoms with E-state index in [4.69, 9.17) is 5.73 Å². The van der Waals surface area contributed by atoms with E-state index in [2.05, 4.69) is 10.4 Å². The molecule has 0 radical (unpaired) electrons. The number of alkyl halides is 2.